The Morgan fingerprint density at radius 2 is 2.43 bits per heavy atom. The van der Waals surface area contributed by atoms with E-state index in [1.165, 1.54) is 0 Å². The highest BCUT2D eigenvalue weighted by Crippen LogP contribution is 2.20. The van der Waals surface area contributed by atoms with Gasteiger partial charge in [-0.3, -0.25) is 0 Å². The smallest absolute Gasteiger partial charge is 0.120 e. The van der Waals surface area contributed by atoms with Gasteiger partial charge >= 0.3 is 0 Å². The maximum Gasteiger partial charge on any atom is 0.120 e. The van der Waals surface area contributed by atoms with Gasteiger partial charge in [-0.05, 0) is 34.5 Å². The van der Waals surface area contributed by atoms with Crippen molar-refractivity contribution in [3.05, 3.63) is 28.5 Å². The maximum atomic E-state index is 10.2. The molecule has 0 aliphatic rings. The molecule has 1 aromatic rings. The minimum Gasteiger partial charge on any atom is -0.375 e. The van der Waals surface area contributed by atoms with Crippen molar-refractivity contribution in [1.82, 2.24) is 4.98 Å². The zero-order chi connectivity index (χ0) is 10.4. The van der Waals surface area contributed by atoms with E-state index in [-0.39, 0.29) is 6.10 Å². The molecule has 0 fully saturated rings. The van der Waals surface area contributed by atoms with Crippen molar-refractivity contribution in [1.29, 1.82) is 0 Å². The number of ether oxygens (including phenoxy) is 1. The molecular formula is C10H12BrNO2. The molecule has 0 bridgehead atoms. The number of aldehydes is 1. The molecule has 1 rings (SSSR count). The number of pyridine rings is 1. The second-order valence-corrected chi connectivity index (χ2v) is 3.67. The molecule has 0 aliphatic heterocycles. The number of nitrogens with zero attached hydrogens (tertiary/aromatic N) is 1. The van der Waals surface area contributed by atoms with Gasteiger partial charge in [0, 0.05) is 13.5 Å². The molecule has 0 spiro atoms. The van der Waals surface area contributed by atoms with Crippen molar-refractivity contribution in [2.75, 3.05) is 7.11 Å². The molecule has 4 heteroatoms. The standard InChI is InChI=1S/C10H12BrNO2/c1-14-9(5-3-7-13)8-4-2-6-10(11)12-8/h2,4,6-7,9H,3,5H2,1H3. The van der Waals surface area contributed by atoms with Crippen LogP contribution >= 0.6 is 15.9 Å². The lowest BCUT2D eigenvalue weighted by atomic mass is 10.1. The van der Waals surface area contributed by atoms with E-state index in [9.17, 15) is 4.79 Å². The molecule has 1 aromatic heterocycles. The molecule has 0 aromatic carbocycles. The first-order chi connectivity index (χ1) is 6.77. The van der Waals surface area contributed by atoms with Crippen molar-refractivity contribution in [2.45, 2.75) is 18.9 Å². The van der Waals surface area contributed by atoms with Gasteiger partial charge in [-0.15, -0.1) is 0 Å². The molecule has 1 heterocycles. The van der Waals surface area contributed by atoms with Gasteiger partial charge in [-0.2, -0.15) is 0 Å². The van der Waals surface area contributed by atoms with Gasteiger partial charge in [0.2, 0.25) is 0 Å². The van der Waals surface area contributed by atoms with Crippen molar-refractivity contribution >= 4 is 22.2 Å². The molecule has 0 saturated heterocycles. The van der Waals surface area contributed by atoms with Crippen molar-refractivity contribution in [3.63, 3.8) is 0 Å². The average Bonchev–Trinajstić information content (AvgIpc) is 2.19. The van der Waals surface area contributed by atoms with Crippen molar-refractivity contribution in [3.8, 4) is 0 Å². The Labute approximate surface area is 91.6 Å². The third-order valence-corrected chi connectivity index (χ3v) is 2.34. The summed E-state index contributed by atoms with van der Waals surface area (Å²) in [6.07, 6.45) is 1.96. The fourth-order valence-corrected chi connectivity index (χ4v) is 1.57. The van der Waals surface area contributed by atoms with Gasteiger partial charge in [0.25, 0.3) is 0 Å². The van der Waals surface area contributed by atoms with E-state index in [4.69, 9.17) is 4.74 Å². The van der Waals surface area contributed by atoms with Crippen LogP contribution in [0, 0.1) is 0 Å². The number of rotatable bonds is 5. The molecular weight excluding hydrogens is 246 g/mol. The maximum absolute atomic E-state index is 10.2. The lowest BCUT2D eigenvalue weighted by Gasteiger charge is -2.13. The monoisotopic (exact) mass is 257 g/mol. The van der Waals surface area contributed by atoms with E-state index in [1.54, 1.807) is 7.11 Å². The minimum atomic E-state index is -0.0994. The van der Waals surface area contributed by atoms with Crippen LogP contribution in [0.25, 0.3) is 0 Å². The topological polar surface area (TPSA) is 39.2 Å². The molecule has 0 saturated carbocycles. The zero-order valence-electron chi connectivity index (χ0n) is 7.94. The largest absolute Gasteiger partial charge is 0.375 e. The third-order valence-electron chi connectivity index (χ3n) is 1.90. The van der Waals surface area contributed by atoms with E-state index in [2.05, 4.69) is 20.9 Å². The third kappa shape index (κ3) is 3.20. The van der Waals surface area contributed by atoms with Crippen LogP contribution in [0.15, 0.2) is 22.8 Å². The highest BCUT2D eigenvalue weighted by Gasteiger charge is 2.11. The summed E-state index contributed by atoms with van der Waals surface area (Å²) in [7, 11) is 1.62. The van der Waals surface area contributed by atoms with Crippen LogP contribution in [-0.2, 0) is 9.53 Å². The summed E-state index contributed by atoms with van der Waals surface area (Å²) in [5, 5.41) is 0. The van der Waals surface area contributed by atoms with Gasteiger partial charge in [-0.25, -0.2) is 4.98 Å². The summed E-state index contributed by atoms with van der Waals surface area (Å²) in [6.45, 7) is 0. The lowest BCUT2D eigenvalue weighted by molar-refractivity contribution is -0.108. The molecule has 0 aliphatic carbocycles. The summed E-state index contributed by atoms with van der Waals surface area (Å²) >= 11 is 3.29. The number of methoxy groups -OCH3 is 1. The molecule has 0 N–H and O–H groups in total. The molecule has 1 atom stereocenters. The molecule has 0 radical (unpaired) electrons. The van der Waals surface area contributed by atoms with E-state index in [1.807, 2.05) is 18.2 Å². The van der Waals surface area contributed by atoms with Crippen LogP contribution in [0.3, 0.4) is 0 Å². The second-order valence-electron chi connectivity index (χ2n) is 2.85. The van der Waals surface area contributed by atoms with Crippen LogP contribution in [0.5, 0.6) is 0 Å². The number of hydrogen-bond acceptors (Lipinski definition) is 3. The quantitative estimate of drug-likeness (QED) is 0.601. The first-order valence-electron chi connectivity index (χ1n) is 4.37. The summed E-state index contributed by atoms with van der Waals surface area (Å²) < 4.78 is 6.03. The highest BCUT2D eigenvalue weighted by atomic mass is 79.9. The van der Waals surface area contributed by atoms with Gasteiger partial charge in [-0.1, -0.05) is 6.07 Å². The van der Waals surface area contributed by atoms with Gasteiger partial charge in [0.1, 0.15) is 10.9 Å². The zero-order valence-corrected chi connectivity index (χ0v) is 9.53. The van der Waals surface area contributed by atoms with Gasteiger partial charge in [0.15, 0.2) is 0 Å². The van der Waals surface area contributed by atoms with E-state index < -0.39 is 0 Å². The van der Waals surface area contributed by atoms with Crippen molar-refractivity contribution in [2.24, 2.45) is 0 Å². The fraction of sp³-hybridized carbons (Fsp3) is 0.400. The first kappa shape index (κ1) is 11.3. The predicted octanol–water partition coefficient (Wildman–Crippen LogP) is 2.51. The highest BCUT2D eigenvalue weighted by molar-refractivity contribution is 9.10. The summed E-state index contributed by atoms with van der Waals surface area (Å²) in [4.78, 5) is 14.5. The Morgan fingerprint density at radius 3 is 3.00 bits per heavy atom. The Bertz CT molecular complexity index is 304. The molecule has 3 nitrogen and oxygen atoms in total. The molecule has 76 valence electrons. The molecule has 0 amide bonds. The van der Waals surface area contributed by atoms with Crippen molar-refractivity contribution < 1.29 is 9.53 Å². The van der Waals surface area contributed by atoms with Gasteiger partial charge < -0.3 is 9.53 Å². The second kappa shape index (κ2) is 5.88. The number of hydrogen-bond donors (Lipinski definition) is 0. The van der Waals surface area contributed by atoms with E-state index >= 15 is 0 Å². The first-order valence-corrected chi connectivity index (χ1v) is 5.16. The number of aromatic nitrogens is 1. The lowest BCUT2D eigenvalue weighted by Crippen LogP contribution is -2.04. The van der Waals surface area contributed by atoms with Crippen LogP contribution in [0.1, 0.15) is 24.6 Å². The van der Waals surface area contributed by atoms with Crippen LogP contribution in [-0.4, -0.2) is 18.4 Å². The number of carbonyl (C=O) groups excluding carboxylic acids is 1. The van der Waals surface area contributed by atoms with E-state index in [0.29, 0.717) is 12.8 Å². The summed E-state index contributed by atoms with van der Waals surface area (Å²) in [5.74, 6) is 0. The Kier molecular flexibility index (Phi) is 4.76. The Morgan fingerprint density at radius 1 is 1.64 bits per heavy atom. The normalized spacial score (nSPS) is 12.4. The van der Waals surface area contributed by atoms with E-state index in [0.717, 1.165) is 16.6 Å². The Balaban J connectivity index is 2.72. The van der Waals surface area contributed by atoms with Crippen LogP contribution < -0.4 is 0 Å². The number of halogens is 1. The summed E-state index contributed by atoms with van der Waals surface area (Å²) in [5.41, 5.74) is 0.851. The van der Waals surface area contributed by atoms with Crippen LogP contribution in [0.4, 0.5) is 0 Å². The summed E-state index contributed by atoms with van der Waals surface area (Å²) in [6, 6.07) is 5.65. The average molecular weight is 258 g/mol. The number of carbonyl (C=O) groups is 1. The van der Waals surface area contributed by atoms with Crippen LogP contribution in [0.2, 0.25) is 0 Å². The molecule has 1 unspecified atom stereocenters. The predicted molar refractivity (Wildman–Crippen MR) is 57.0 cm³/mol. The van der Waals surface area contributed by atoms with Gasteiger partial charge in [0.05, 0.1) is 11.8 Å². The SMILES string of the molecule is COC(CCC=O)c1cccc(Br)n1. The fourth-order valence-electron chi connectivity index (χ4n) is 1.21. The Hall–Kier alpha value is -0.740. The molecule has 14 heavy (non-hydrogen) atoms. The minimum absolute atomic E-state index is 0.0994.